The monoisotopic (exact) mass is 776 g/mol. The second-order valence-corrected chi connectivity index (χ2v) is 16.1. The second kappa shape index (κ2) is 12.1. The third-order valence-electron chi connectivity index (χ3n) is 12.8. The number of fused-ring (bicyclic) bond motifs is 14. The van der Waals surface area contributed by atoms with E-state index in [1.54, 1.807) is 0 Å². The molecule has 0 atom stereocenters. The molecular formula is C56H32N4O. The van der Waals surface area contributed by atoms with Crippen LogP contribution in [0.5, 0.6) is 0 Å². The summed E-state index contributed by atoms with van der Waals surface area (Å²) in [6.45, 7) is 0. The number of furan rings is 1. The van der Waals surface area contributed by atoms with Crippen LogP contribution in [0.1, 0.15) is 0 Å². The molecule has 0 bridgehead atoms. The van der Waals surface area contributed by atoms with Crippen LogP contribution in [0.15, 0.2) is 199 Å². The predicted molar refractivity (Wildman–Crippen MR) is 252 cm³/mol. The smallest absolute Gasteiger partial charge is 0.236 e. The number of nitrogens with zero attached hydrogens (tertiary/aromatic N) is 4. The van der Waals surface area contributed by atoms with E-state index in [-0.39, 0.29) is 0 Å². The molecule has 9 aromatic carbocycles. The van der Waals surface area contributed by atoms with Crippen LogP contribution in [0.2, 0.25) is 0 Å². The zero-order chi connectivity index (χ0) is 39.8. The fourth-order valence-corrected chi connectivity index (χ4v) is 10.1. The highest BCUT2D eigenvalue weighted by molar-refractivity contribution is 6.36. The van der Waals surface area contributed by atoms with Crippen molar-refractivity contribution in [2.45, 2.75) is 0 Å². The van der Waals surface area contributed by atoms with E-state index in [0.717, 1.165) is 55.1 Å². The molecule has 0 saturated carbocycles. The van der Waals surface area contributed by atoms with Crippen molar-refractivity contribution in [2.24, 2.45) is 0 Å². The van der Waals surface area contributed by atoms with E-state index in [0.29, 0.717) is 11.5 Å². The Balaban J connectivity index is 1.16. The molecule has 282 valence electrons. The van der Waals surface area contributed by atoms with Gasteiger partial charge in [-0.25, -0.2) is 9.97 Å². The van der Waals surface area contributed by atoms with Gasteiger partial charge in [-0.3, -0.25) is 4.57 Å². The van der Waals surface area contributed by atoms with Crippen molar-refractivity contribution >= 4 is 92.7 Å². The molecule has 0 amide bonds. The van der Waals surface area contributed by atoms with Gasteiger partial charge in [-0.15, -0.1) is 0 Å². The lowest BCUT2D eigenvalue weighted by Gasteiger charge is -2.10. The van der Waals surface area contributed by atoms with Crippen LogP contribution in [0.3, 0.4) is 0 Å². The van der Waals surface area contributed by atoms with Gasteiger partial charge < -0.3 is 8.82 Å². The SMILES string of the molecule is c1ccc(-c2ccc3c(c2)c2c4c5ccccc5n5c6cc(-c7ccccc7)ccc6c(cc2n3-c2nc(-c3ccc6ccccc6c3)c3oc6ccccc6c3n2)c45)cc1. The standard InChI is InChI=1S/C56H32N4O/c1-3-13-33(14-4-1)37-26-28-46-44(30-37)50-48(32-43-40-27-25-38(34-15-5-2-6-16-34)31-47(40)59-45-21-11-9-19-41(45)51(50)54(43)59)60(46)56-57-52(39-24-23-35-17-7-8-18-36(35)29-39)55-53(58-56)42-20-10-12-22-49(42)61-55/h1-32H. The summed E-state index contributed by atoms with van der Waals surface area (Å²) in [7, 11) is 0. The van der Waals surface area contributed by atoms with E-state index < -0.39 is 0 Å². The molecule has 5 heteroatoms. The van der Waals surface area contributed by atoms with Gasteiger partial charge in [0.2, 0.25) is 5.95 Å². The van der Waals surface area contributed by atoms with E-state index >= 15 is 0 Å². The highest BCUT2D eigenvalue weighted by Gasteiger charge is 2.27. The summed E-state index contributed by atoms with van der Waals surface area (Å²) in [5.74, 6) is 0.600. The van der Waals surface area contributed by atoms with Crippen LogP contribution in [0.25, 0.3) is 132 Å². The average molecular weight is 777 g/mol. The van der Waals surface area contributed by atoms with Crippen LogP contribution in [0, 0.1) is 0 Å². The first kappa shape index (κ1) is 32.7. The van der Waals surface area contributed by atoms with Crippen LogP contribution in [0.4, 0.5) is 0 Å². The molecule has 0 aliphatic carbocycles. The number of rotatable bonds is 4. The number of benzene rings is 9. The Bertz CT molecular complexity index is 4100. The molecule has 0 radical (unpaired) electrons. The summed E-state index contributed by atoms with van der Waals surface area (Å²) in [5, 5.41) is 10.5. The van der Waals surface area contributed by atoms with Crippen molar-refractivity contribution in [2.75, 3.05) is 0 Å². The Morgan fingerprint density at radius 3 is 1.90 bits per heavy atom. The molecule has 5 nitrogen and oxygen atoms in total. The Kier molecular flexibility index (Phi) is 6.49. The largest absolute Gasteiger partial charge is 0.452 e. The number of aromatic nitrogens is 4. The predicted octanol–water partition coefficient (Wildman–Crippen LogP) is 14.8. The molecule has 0 fully saturated rings. The van der Waals surface area contributed by atoms with Crippen LogP contribution >= 0.6 is 0 Å². The van der Waals surface area contributed by atoms with Gasteiger partial charge in [0.25, 0.3) is 0 Å². The maximum Gasteiger partial charge on any atom is 0.236 e. The van der Waals surface area contributed by atoms with Gasteiger partial charge in [-0.05, 0) is 81.6 Å². The first-order valence-electron chi connectivity index (χ1n) is 20.7. The Morgan fingerprint density at radius 2 is 1.07 bits per heavy atom. The lowest BCUT2D eigenvalue weighted by atomic mass is 9.99. The summed E-state index contributed by atoms with van der Waals surface area (Å²) in [6.07, 6.45) is 0. The van der Waals surface area contributed by atoms with E-state index in [1.807, 2.05) is 12.1 Å². The van der Waals surface area contributed by atoms with Gasteiger partial charge in [0.15, 0.2) is 5.58 Å². The molecule has 0 N–H and O–H groups in total. The van der Waals surface area contributed by atoms with Crippen molar-refractivity contribution in [3.8, 4) is 39.5 Å². The molecule has 0 saturated heterocycles. The lowest BCUT2D eigenvalue weighted by molar-refractivity contribution is 0.666. The highest BCUT2D eigenvalue weighted by atomic mass is 16.3. The van der Waals surface area contributed by atoms with Crippen molar-refractivity contribution in [1.82, 2.24) is 18.9 Å². The third-order valence-corrected chi connectivity index (χ3v) is 12.8. The molecule has 5 aromatic heterocycles. The molecule has 14 rings (SSSR count). The highest BCUT2D eigenvalue weighted by Crippen LogP contribution is 2.48. The van der Waals surface area contributed by atoms with Crippen molar-refractivity contribution < 1.29 is 4.42 Å². The summed E-state index contributed by atoms with van der Waals surface area (Å²) in [6, 6.07) is 69.5. The fraction of sp³-hybridized carbons (Fsp3) is 0. The molecule has 0 aliphatic heterocycles. The Labute approximate surface area is 348 Å². The molecule has 0 aliphatic rings. The number of para-hydroxylation sites is 2. The minimum absolute atomic E-state index is 0.600. The van der Waals surface area contributed by atoms with Gasteiger partial charge in [0.05, 0.1) is 27.6 Å². The molecule has 61 heavy (non-hydrogen) atoms. The molecule has 14 aromatic rings. The zero-order valence-corrected chi connectivity index (χ0v) is 32.7. The van der Waals surface area contributed by atoms with Gasteiger partial charge in [-0.2, -0.15) is 0 Å². The number of hydrogen-bond acceptors (Lipinski definition) is 3. The minimum Gasteiger partial charge on any atom is -0.452 e. The van der Waals surface area contributed by atoms with Crippen LogP contribution in [-0.2, 0) is 0 Å². The zero-order valence-electron chi connectivity index (χ0n) is 32.7. The Hall–Kier alpha value is -8.28. The summed E-state index contributed by atoms with van der Waals surface area (Å²) < 4.78 is 11.4. The van der Waals surface area contributed by atoms with Crippen LogP contribution < -0.4 is 0 Å². The van der Waals surface area contributed by atoms with E-state index in [9.17, 15) is 0 Å². The third kappa shape index (κ3) is 4.55. The van der Waals surface area contributed by atoms with E-state index in [1.165, 1.54) is 65.6 Å². The second-order valence-electron chi connectivity index (χ2n) is 16.1. The molecular weight excluding hydrogens is 745 g/mol. The summed E-state index contributed by atoms with van der Waals surface area (Å²) in [5.41, 5.74) is 14.4. The quantitative estimate of drug-likeness (QED) is 0.179. The van der Waals surface area contributed by atoms with Crippen molar-refractivity contribution in [1.29, 1.82) is 0 Å². The van der Waals surface area contributed by atoms with E-state index in [2.05, 4.69) is 191 Å². The molecule has 0 unspecified atom stereocenters. The topological polar surface area (TPSA) is 48.3 Å². The maximum absolute atomic E-state index is 6.64. The first-order chi connectivity index (χ1) is 30.2. The van der Waals surface area contributed by atoms with Gasteiger partial charge in [0.1, 0.15) is 16.8 Å². The average Bonchev–Trinajstić information content (AvgIpc) is 4.06. The summed E-state index contributed by atoms with van der Waals surface area (Å²) in [4.78, 5) is 11.0. The first-order valence-corrected chi connectivity index (χ1v) is 20.7. The minimum atomic E-state index is 0.600. The normalized spacial score (nSPS) is 12.3. The van der Waals surface area contributed by atoms with Gasteiger partial charge in [0, 0.05) is 43.3 Å². The van der Waals surface area contributed by atoms with Crippen molar-refractivity contribution in [3.05, 3.63) is 194 Å². The Morgan fingerprint density at radius 1 is 0.377 bits per heavy atom. The van der Waals surface area contributed by atoms with Gasteiger partial charge >= 0.3 is 0 Å². The molecule has 0 spiro atoms. The van der Waals surface area contributed by atoms with Crippen LogP contribution in [-0.4, -0.2) is 18.9 Å². The fourth-order valence-electron chi connectivity index (χ4n) is 10.1. The maximum atomic E-state index is 6.64. The lowest BCUT2D eigenvalue weighted by Crippen LogP contribution is -2.03. The van der Waals surface area contributed by atoms with Gasteiger partial charge in [-0.1, -0.05) is 146 Å². The number of hydrogen-bond donors (Lipinski definition) is 0. The summed E-state index contributed by atoms with van der Waals surface area (Å²) >= 11 is 0. The van der Waals surface area contributed by atoms with E-state index in [4.69, 9.17) is 14.4 Å². The van der Waals surface area contributed by atoms with Crippen molar-refractivity contribution in [3.63, 3.8) is 0 Å². The molecule has 5 heterocycles.